The Balaban J connectivity index is 1.88. The number of alkyl halides is 2. The Labute approximate surface area is 135 Å². The van der Waals surface area contributed by atoms with Crippen LogP contribution in [-0.4, -0.2) is 44.3 Å². The van der Waals surface area contributed by atoms with Gasteiger partial charge in [-0.15, -0.1) is 0 Å². The molecule has 1 aliphatic heterocycles. The Morgan fingerprint density at radius 1 is 1.22 bits per heavy atom. The van der Waals surface area contributed by atoms with E-state index in [1.807, 2.05) is 6.92 Å². The first kappa shape index (κ1) is 16.8. The number of piperidine rings is 1. The highest BCUT2D eigenvalue weighted by atomic mass is 32.2. The van der Waals surface area contributed by atoms with Crippen molar-refractivity contribution < 1.29 is 17.2 Å². The van der Waals surface area contributed by atoms with Crippen LogP contribution in [0, 0.1) is 12.8 Å². The van der Waals surface area contributed by atoms with E-state index in [2.05, 4.69) is 5.32 Å². The van der Waals surface area contributed by atoms with E-state index in [4.69, 9.17) is 0 Å². The lowest BCUT2D eigenvalue weighted by Gasteiger charge is -2.33. The molecule has 1 unspecified atom stereocenters. The average Bonchev–Trinajstić information content (AvgIpc) is 3.13. The largest absolute Gasteiger partial charge is 0.317 e. The molecule has 1 heterocycles. The standard InChI is InChI=1S/C16H22F2N2O2S/c1-12-2-4-15(5-3-12)23(21,22)20(11-13-10-16(13,17)18)14-6-8-19-9-7-14/h2-5,13-14,19H,6-11H2,1H3. The van der Waals surface area contributed by atoms with Gasteiger partial charge in [-0.2, -0.15) is 4.31 Å². The summed E-state index contributed by atoms with van der Waals surface area (Å²) in [7, 11) is -3.75. The van der Waals surface area contributed by atoms with Gasteiger partial charge in [0.25, 0.3) is 5.92 Å². The predicted molar refractivity (Wildman–Crippen MR) is 84.0 cm³/mol. The Bertz CT molecular complexity index is 655. The minimum atomic E-state index is -3.75. The normalized spacial score (nSPS) is 24.8. The Kier molecular flexibility index (Phi) is 4.46. The van der Waals surface area contributed by atoms with Crippen LogP contribution in [0.25, 0.3) is 0 Å². The van der Waals surface area contributed by atoms with Gasteiger partial charge in [-0.1, -0.05) is 17.7 Å². The van der Waals surface area contributed by atoms with E-state index in [0.29, 0.717) is 25.9 Å². The number of hydrogen-bond donors (Lipinski definition) is 1. The first-order valence-corrected chi connectivity index (χ1v) is 9.42. The van der Waals surface area contributed by atoms with Gasteiger partial charge in [-0.25, -0.2) is 17.2 Å². The Morgan fingerprint density at radius 3 is 2.30 bits per heavy atom. The van der Waals surface area contributed by atoms with Crippen molar-refractivity contribution in [3.05, 3.63) is 29.8 Å². The van der Waals surface area contributed by atoms with Crippen molar-refractivity contribution in [2.24, 2.45) is 5.92 Å². The number of sulfonamides is 1. The summed E-state index contributed by atoms with van der Waals surface area (Å²) >= 11 is 0. The number of rotatable bonds is 5. The van der Waals surface area contributed by atoms with Crippen LogP contribution in [0.4, 0.5) is 8.78 Å². The fourth-order valence-corrected chi connectivity index (χ4v) is 4.80. The summed E-state index contributed by atoms with van der Waals surface area (Å²) < 4.78 is 53.9. The minimum absolute atomic E-state index is 0.0894. The number of benzene rings is 1. The summed E-state index contributed by atoms with van der Waals surface area (Å²) in [6, 6.07) is 6.38. The third-order valence-corrected chi connectivity index (χ3v) is 6.63. The zero-order valence-corrected chi connectivity index (χ0v) is 14.0. The lowest BCUT2D eigenvalue weighted by molar-refractivity contribution is 0.0905. The molecule has 3 rings (SSSR count). The van der Waals surface area contributed by atoms with Gasteiger partial charge >= 0.3 is 0 Å². The molecule has 0 bridgehead atoms. The molecule has 7 heteroatoms. The second-order valence-corrected chi connectivity index (χ2v) is 8.42. The van der Waals surface area contributed by atoms with Gasteiger partial charge in [0, 0.05) is 24.9 Å². The molecule has 1 saturated carbocycles. The van der Waals surface area contributed by atoms with Gasteiger partial charge in [0.1, 0.15) is 0 Å². The molecule has 0 spiro atoms. The van der Waals surface area contributed by atoms with Crippen molar-refractivity contribution in [2.75, 3.05) is 19.6 Å². The smallest absolute Gasteiger partial charge is 0.252 e. The molecular formula is C16H22F2N2O2S. The first-order chi connectivity index (χ1) is 10.8. The number of hydrogen-bond acceptors (Lipinski definition) is 3. The summed E-state index contributed by atoms with van der Waals surface area (Å²) in [6.07, 6.45) is 1.10. The lowest BCUT2D eigenvalue weighted by atomic mass is 10.1. The van der Waals surface area contributed by atoms with Gasteiger partial charge in [0.15, 0.2) is 0 Å². The molecule has 1 atom stereocenters. The quantitative estimate of drug-likeness (QED) is 0.892. The first-order valence-electron chi connectivity index (χ1n) is 7.98. The van der Waals surface area contributed by atoms with Gasteiger partial charge in [0.2, 0.25) is 10.0 Å². The van der Waals surface area contributed by atoms with Crippen molar-refractivity contribution in [2.45, 2.75) is 43.0 Å². The van der Waals surface area contributed by atoms with E-state index < -0.39 is 21.9 Å². The van der Waals surface area contributed by atoms with Gasteiger partial charge in [-0.05, 0) is 45.0 Å². The van der Waals surface area contributed by atoms with Crippen LogP contribution in [0.2, 0.25) is 0 Å². The van der Waals surface area contributed by atoms with Crippen LogP contribution in [-0.2, 0) is 10.0 Å². The average molecular weight is 344 g/mol. The van der Waals surface area contributed by atoms with E-state index in [0.717, 1.165) is 5.56 Å². The van der Waals surface area contributed by atoms with Crippen molar-refractivity contribution in [1.82, 2.24) is 9.62 Å². The fourth-order valence-electron chi connectivity index (χ4n) is 3.07. The van der Waals surface area contributed by atoms with Crippen LogP contribution < -0.4 is 5.32 Å². The SMILES string of the molecule is Cc1ccc(S(=O)(=O)N(CC2CC2(F)F)C2CCNCC2)cc1. The molecule has 2 aliphatic rings. The maximum Gasteiger partial charge on any atom is 0.252 e. The molecule has 0 radical (unpaired) electrons. The fraction of sp³-hybridized carbons (Fsp3) is 0.625. The number of halogens is 2. The maximum absolute atomic E-state index is 13.3. The van der Waals surface area contributed by atoms with E-state index in [1.54, 1.807) is 24.3 Å². The Hall–Kier alpha value is -1.05. The van der Waals surface area contributed by atoms with Crippen LogP contribution in [0.5, 0.6) is 0 Å². The van der Waals surface area contributed by atoms with Gasteiger partial charge < -0.3 is 5.32 Å². The summed E-state index contributed by atoms with van der Waals surface area (Å²) in [5.74, 6) is -3.56. The molecular weight excluding hydrogens is 322 g/mol. The summed E-state index contributed by atoms with van der Waals surface area (Å²) in [6.45, 7) is 3.22. The van der Waals surface area contributed by atoms with Gasteiger partial charge in [0.05, 0.1) is 4.90 Å². The third kappa shape index (κ3) is 3.56. The Morgan fingerprint density at radius 2 is 1.78 bits per heavy atom. The highest BCUT2D eigenvalue weighted by Crippen LogP contribution is 2.49. The van der Waals surface area contributed by atoms with Crippen molar-refractivity contribution in [3.8, 4) is 0 Å². The van der Waals surface area contributed by atoms with Crippen LogP contribution in [0.15, 0.2) is 29.2 Å². The number of nitrogens with one attached hydrogen (secondary N) is 1. The molecule has 1 aliphatic carbocycles. The maximum atomic E-state index is 13.3. The molecule has 1 N–H and O–H groups in total. The van der Waals surface area contributed by atoms with Crippen LogP contribution >= 0.6 is 0 Å². The van der Waals surface area contributed by atoms with E-state index >= 15 is 0 Å². The molecule has 23 heavy (non-hydrogen) atoms. The number of aryl methyl sites for hydroxylation is 1. The van der Waals surface area contributed by atoms with E-state index in [9.17, 15) is 17.2 Å². The molecule has 128 valence electrons. The molecule has 0 aromatic heterocycles. The van der Waals surface area contributed by atoms with Crippen molar-refractivity contribution >= 4 is 10.0 Å². The molecule has 0 amide bonds. The van der Waals surface area contributed by atoms with E-state index in [-0.39, 0.29) is 23.9 Å². The van der Waals surface area contributed by atoms with E-state index in [1.165, 1.54) is 4.31 Å². The van der Waals surface area contributed by atoms with Crippen molar-refractivity contribution in [3.63, 3.8) is 0 Å². The van der Waals surface area contributed by atoms with Crippen molar-refractivity contribution in [1.29, 1.82) is 0 Å². The minimum Gasteiger partial charge on any atom is -0.317 e. The molecule has 2 fully saturated rings. The summed E-state index contributed by atoms with van der Waals surface area (Å²) in [5, 5.41) is 3.18. The lowest BCUT2D eigenvalue weighted by Crippen LogP contribution is -2.47. The molecule has 1 aromatic rings. The topological polar surface area (TPSA) is 49.4 Å². The molecule has 1 aromatic carbocycles. The third-order valence-electron chi connectivity index (χ3n) is 4.70. The monoisotopic (exact) mass is 344 g/mol. The highest BCUT2D eigenvalue weighted by molar-refractivity contribution is 7.89. The number of nitrogens with zero attached hydrogens (tertiary/aromatic N) is 1. The highest BCUT2D eigenvalue weighted by Gasteiger charge is 2.58. The molecule has 1 saturated heterocycles. The van der Waals surface area contributed by atoms with Gasteiger partial charge in [-0.3, -0.25) is 0 Å². The summed E-state index contributed by atoms with van der Waals surface area (Å²) in [5.41, 5.74) is 0.964. The van der Waals surface area contributed by atoms with Crippen LogP contribution in [0.1, 0.15) is 24.8 Å². The second-order valence-electron chi connectivity index (χ2n) is 6.53. The molecule has 4 nitrogen and oxygen atoms in total. The zero-order valence-electron chi connectivity index (χ0n) is 13.1. The van der Waals surface area contributed by atoms with Crippen LogP contribution in [0.3, 0.4) is 0 Å². The zero-order chi connectivity index (χ0) is 16.7. The summed E-state index contributed by atoms with van der Waals surface area (Å²) in [4.78, 5) is 0.186. The predicted octanol–water partition coefficient (Wildman–Crippen LogP) is 2.39. The second kappa shape index (κ2) is 6.11.